The molecule has 15 heavy (non-hydrogen) atoms. The third kappa shape index (κ3) is 2.75. The highest BCUT2D eigenvalue weighted by molar-refractivity contribution is 5.15. The summed E-state index contributed by atoms with van der Waals surface area (Å²) in [5, 5.41) is 0. The fraction of sp³-hybridized carbons (Fsp3) is 0.385. The topological polar surface area (TPSA) is 18.5 Å². The molecule has 0 saturated carbocycles. The zero-order chi connectivity index (χ0) is 10.5. The summed E-state index contributed by atoms with van der Waals surface area (Å²) < 4.78 is 11.1. The van der Waals surface area contributed by atoms with E-state index in [1.807, 2.05) is 18.2 Å². The first-order valence-electron chi connectivity index (χ1n) is 5.43. The lowest BCUT2D eigenvalue weighted by atomic mass is 10.1. The van der Waals surface area contributed by atoms with Gasteiger partial charge in [0.25, 0.3) is 0 Å². The second-order valence-electron chi connectivity index (χ2n) is 3.71. The van der Waals surface area contributed by atoms with Crippen LogP contribution in [0.3, 0.4) is 0 Å². The molecule has 1 atom stereocenters. The van der Waals surface area contributed by atoms with Crippen LogP contribution in [0, 0.1) is 0 Å². The molecule has 0 radical (unpaired) electrons. The number of allylic oxidation sites excluding steroid dienone is 1. The van der Waals surface area contributed by atoms with Crippen LogP contribution in [0.4, 0.5) is 0 Å². The predicted octanol–water partition coefficient (Wildman–Crippen LogP) is 3.24. The van der Waals surface area contributed by atoms with Gasteiger partial charge in [-0.3, -0.25) is 0 Å². The highest BCUT2D eigenvalue weighted by atomic mass is 16.7. The summed E-state index contributed by atoms with van der Waals surface area (Å²) >= 11 is 0. The van der Waals surface area contributed by atoms with E-state index in [0.29, 0.717) is 0 Å². The van der Waals surface area contributed by atoms with Gasteiger partial charge in [0.1, 0.15) is 12.0 Å². The van der Waals surface area contributed by atoms with Crippen LogP contribution in [0.2, 0.25) is 0 Å². The van der Waals surface area contributed by atoms with Crippen LogP contribution in [0.1, 0.15) is 25.3 Å². The minimum absolute atomic E-state index is 0.131. The fourth-order valence-electron chi connectivity index (χ4n) is 1.64. The van der Waals surface area contributed by atoms with E-state index in [1.54, 1.807) is 6.26 Å². The molecule has 0 N–H and O–H groups in total. The van der Waals surface area contributed by atoms with E-state index < -0.39 is 0 Å². The van der Waals surface area contributed by atoms with Crippen molar-refractivity contribution in [2.75, 3.05) is 0 Å². The molecule has 0 fully saturated rings. The van der Waals surface area contributed by atoms with Gasteiger partial charge in [0, 0.05) is 12.8 Å². The van der Waals surface area contributed by atoms with Gasteiger partial charge >= 0.3 is 0 Å². The molecule has 80 valence electrons. The molecular weight excluding hydrogens is 188 g/mol. The van der Waals surface area contributed by atoms with Gasteiger partial charge < -0.3 is 9.47 Å². The Balaban J connectivity index is 1.84. The highest BCUT2D eigenvalue weighted by Crippen LogP contribution is 2.21. The van der Waals surface area contributed by atoms with Gasteiger partial charge in [0.15, 0.2) is 0 Å². The van der Waals surface area contributed by atoms with Crippen LogP contribution >= 0.6 is 0 Å². The second-order valence-corrected chi connectivity index (χ2v) is 3.71. The van der Waals surface area contributed by atoms with Gasteiger partial charge in [-0.05, 0) is 12.0 Å². The second kappa shape index (κ2) is 4.87. The molecule has 0 amide bonds. The smallest absolute Gasteiger partial charge is 0.244 e. The summed E-state index contributed by atoms with van der Waals surface area (Å²) in [6, 6.07) is 10.3. The summed E-state index contributed by atoms with van der Waals surface area (Å²) in [5.74, 6) is 0.971. The highest BCUT2D eigenvalue weighted by Gasteiger charge is 2.18. The molecular formula is C13H16O2. The minimum Gasteiger partial charge on any atom is -0.459 e. The van der Waals surface area contributed by atoms with E-state index in [-0.39, 0.29) is 6.29 Å². The average Bonchev–Trinajstić information content (AvgIpc) is 2.68. The lowest BCUT2D eigenvalue weighted by Gasteiger charge is -2.11. The van der Waals surface area contributed by atoms with Crippen molar-refractivity contribution < 1.29 is 9.47 Å². The number of rotatable bonds is 4. The molecule has 1 aliphatic heterocycles. The molecule has 1 unspecified atom stereocenters. The maximum atomic E-state index is 5.64. The molecule has 2 rings (SSSR count). The first kappa shape index (κ1) is 10.1. The van der Waals surface area contributed by atoms with Gasteiger partial charge in [-0.25, -0.2) is 0 Å². The summed E-state index contributed by atoms with van der Waals surface area (Å²) in [7, 11) is 0. The molecule has 1 aromatic carbocycles. The van der Waals surface area contributed by atoms with Crippen molar-refractivity contribution in [2.24, 2.45) is 0 Å². The molecule has 2 nitrogen and oxygen atoms in total. The van der Waals surface area contributed by atoms with E-state index in [4.69, 9.17) is 9.47 Å². The Morgan fingerprint density at radius 3 is 2.73 bits per heavy atom. The zero-order valence-corrected chi connectivity index (χ0v) is 8.98. The molecule has 1 aromatic rings. The van der Waals surface area contributed by atoms with E-state index >= 15 is 0 Å². The molecule has 0 saturated heterocycles. The van der Waals surface area contributed by atoms with Crippen molar-refractivity contribution in [3.8, 4) is 0 Å². The maximum absolute atomic E-state index is 5.64. The SMILES string of the molecule is CCCC1=COC(Cc2ccccc2)O1. The largest absolute Gasteiger partial charge is 0.459 e. The van der Waals surface area contributed by atoms with Gasteiger partial charge in [-0.2, -0.15) is 0 Å². The Morgan fingerprint density at radius 1 is 1.20 bits per heavy atom. The van der Waals surface area contributed by atoms with Gasteiger partial charge in [0.2, 0.25) is 6.29 Å². The average molecular weight is 204 g/mol. The Morgan fingerprint density at radius 2 is 2.00 bits per heavy atom. The minimum atomic E-state index is -0.131. The standard InChI is InChI=1S/C13H16O2/c1-2-6-12-10-14-13(15-12)9-11-7-4-3-5-8-11/h3-5,7-8,10,13H,2,6,9H2,1H3. The van der Waals surface area contributed by atoms with Crippen molar-refractivity contribution in [1.82, 2.24) is 0 Å². The molecule has 1 heterocycles. The maximum Gasteiger partial charge on any atom is 0.244 e. The summed E-state index contributed by atoms with van der Waals surface area (Å²) in [5.41, 5.74) is 1.24. The van der Waals surface area contributed by atoms with Crippen LogP contribution < -0.4 is 0 Å². The van der Waals surface area contributed by atoms with Crippen molar-refractivity contribution in [1.29, 1.82) is 0 Å². The predicted molar refractivity (Wildman–Crippen MR) is 59.1 cm³/mol. The van der Waals surface area contributed by atoms with Crippen LogP contribution in [0.15, 0.2) is 42.4 Å². The quantitative estimate of drug-likeness (QED) is 0.749. The number of ether oxygens (including phenoxy) is 2. The van der Waals surface area contributed by atoms with Crippen LogP contribution in [-0.4, -0.2) is 6.29 Å². The first-order chi connectivity index (χ1) is 7.38. The van der Waals surface area contributed by atoms with Crippen LogP contribution in [0.25, 0.3) is 0 Å². The zero-order valence-electron chi connectivity index (χ0n) is 8.98. The van der Waals surface area contributed by atoms with E-state index in [2.05, 4.69) is 19.1 Å². The molecule has 0 aromatic heterocycles. The van der Waals surface area contributed by atoms with Crippen molar-refractivity contribution in [2.45, 2.75) is 32.5 Å². The van der Waals surface area contributed by atoms with Crippen molar-refractivity contribution in [3.63, 3.8) is 0 Å². The monoisotopic (exact) mass is 204 g/mol. The Hall–Kier alpha value is -1.44. The number of benzene rings is 1. The number of hydrogen-bond acceptors (Lipinski definition) is 2. The molecule has 0 aliphatic carbocycles. The first-order valence-corrected chi connectivity index (χ1v) is 5.43. The third-order valence-electron chi connectivity index (χ3n) is 2.38. The Bertz CT molecular complexity index is 330. The summed E-state index contributed by atoms with van der Waals surface area (Å²) in [4.78, 5) is 0. The lowest BCUT2D eigenvalue weighted by molar-refractivity contribution is -0.0315. The van der Waals surface area contributed by atoms with Crippen molar-refractivity contribution in [3.05, 3.63) is 47.9 Å². The fourth-order valence-corrected chi connectivity index (χ4v) is 1.64. The molecule has 0 bridgehead atoms. The summed E-state index contributed by atoms with van der Waals surface area (Å²) in [6.45, 7) is 2.13. The lowest BCUT2D eigenvalue weighted by Crippen LogP contribution is -2.12. The normalized spacial score (nSPS) is 19.3. The number of hydrogen-bond donors (Lipinski definition) is 0. The van der Waals surface area contributed by atoms with Crippen molar-refractivity contribution >= 4 is 0 Å². The Labute approximate surface area is 90.5 Å². The summed E-state index contributed by atoms with van der Waals surface area (Å²) in [6.07, 6.45) is 4.48. The van der Waals surface area contributed by atoms with Gasteiger partial charge in [-0.15, -0.1) is 0 Å². The molecule has 2 heteroatoms. The third-order valence-corrected chi connectivity index (χ3v) is 2.38. The van der Waals surface area contributed by atoms with Gasteiger partial charge in [-0.1, -0.05) is 37.3 Å². The molecule has 0 spiro atoms. The van der Waals surface area contributed by atoms with E-state index in [1.165, 1.54) is 5.56 Å². The van der Waals surface area contributed by atoms with E-state index in [9.17, 15) is 0 Å². The van der Waals surface area contributed by atoms with Gasteiger partial charge in [0.05, 0.1) is 0 Å². The van der Waals surface area contributed by atoms with Crippen LogP contribution in [-0.2, 0) is 15.9 Å². The molecule has 1 aliphatic rings. The van der Waals surface area contributed by atoms with E-state index in [0.717, 1.165) is 25.0 Å². The van der Waals surface area contributed by atoms with Crippen LogP contribution in [0.5, 0.6) is 0 Å². The Kier molecular flexibility index (Phi) is 3.28.